The van der Waals surface area contributed by atoms with Crippen molar-refractivity contribution in [3.8, 4) is 0 Å². The van der Waals surface area contributed by atoms with E-state index in [-0.39, 0.29) is 11.9 Å². The molecule has 2 heterocycles. The standard InChI is InChI=1S/C16H15BrN2O2S/c1-10-5-3-4-6-12(10)16(2)14(20)19(15(21)18-16)9-11-7-8-13(17)22-11/h3-8H,9H2,1-2H3,(H,18,21). The third-order valence-corrected chi connectivity index (χ3v) is 5.51. The van der Waals surface area contributed by atoms with Gasteiger partial charge in [-0.2, -0.15) is 0 Å². The largest absolute Gasteiger partial charge is 0.325 e. The number of carbonyl (C=O) groups is 2. The number of benzene rings is 1. The van der Waals surface area contributed by atoms with Crippen LogP contribution in [0, 0.1) is 6.92 Å². The molecule has 1 aromatic heterocycles. The maximum Gasteiger partial charge on any atom is 0.325 e. The zero-order valence-electron chi connectivity index (χ0n) is 12.2. The Balaban J connectivity index is 1.92. The maximum absolute atomic E-state index is 12.8. The summed E-state index contributed by atoms with van der Waals surface area (Å²) in [4.78, 5) is 27.4. The summed E-state index contributed by atoms with van der Waals surface area (Å²) in [5.41, 5.74) is 0.819. The second-order valence-corrected chi connectivity index (χ2v) is 8.01. The van der Waals surface area contributed by atoms with Crippen molar-refractivity contribution >= 4 is 39.2 Å². The van der Waals surface area contributed by atoms with Gasteiger partial charge in [0.1, 0.15) is 5.54 Å². The highest BCUT2D eigenvalue weighted by Crippen LogP contribution is 2.32. The van der Waals surface area contributed by atoms with E-state index >= 15 is 0 Å². The van der Waals surface area contributed by atoms with Gasteiger partial charge in [0, 0.05) is 4.88 Å². The average molecular weight is 379 g/mol. The molecule has 114 valence electrons. The molecule has 1 N–H and O–H groups in total. The average Bonchev–Trinajstić information content (AvgIpc) is 2.97. The molecule has 2 aromatic rings. The van der Waals surface area contributed by atoms with Gasteiger partial charge in [0.25, 0.3) is 5.91 Å². The van der Waals surface area contributed by atoms with Crippen LogP contribution in [0.15, 0.2) is 40.2 Å². The van der Waals surface area contributed by atoms with Gasteiger partial charge in [-0.25, -0.2) is 4.79 Å². The van der Waals surface area contributed by atoms with Crippen LogP contribution in [0.5, 0.6) is 0 Å². The van der Waals surface area contributed by atoms with Crippen molar-refractivity contribution in [2.75, 3.05) is 0 Å². The highest BCUT2D eigenvalue weighted by atomic mass is 79.9. The fourth-order valence-electron chi connectivity index (χ4n) is 2.75. The zero-order valence-corrected chi connectivity index (χ0v) is 14.6. The monoisotopic (exact) mass is 378 g/mol. The number of hydrogen-bond acceptors (Lipinski definition) is 3. The highest BCUT2D eigenvalue weighted by molar-refractivity contribution is 9.11. The fourth-order valence-corrected chi connectivity index (χ4v) is 4.22. The van der Waals surface area contributed by atoms with Crippen LogP contribution in [0.1, 0.15) is 22.9 Å². The molecular weight excluding hydrogens is 364 g/mol. The van der Waals surface area contributed by atoms with Gasteiger partial charge < -0.3 is 5.32 Å². The first kappa shape index (κ1) is 15.2. The number of hydrogen-bond donors (Lipinski definition) is 1. The van der Waals surface area contributed by atoms with Gasteiger partial charge in [-0.1, -0.05) is 24.3 Å². The second kappa shape index (κ2) is 5.52. The van der Waals surface area contributed by atoms with E-state index in [9.17, 15) is 9.59 Å². The zero-order chi connectivity index (χ0) is 15.9. The Morgan fingerprint density at radius 1 is 1.23 bits per heavy atom. The molecule has 3 amide bonds. The third kappa shape index (κ3) is 2.46. The first-order valence-electron chi connectivity index (χ1n) is 6.86. The molecular formula is C16H15BrN2O2S. The van der Waals surface area contributed by atoms with Crippen molar-refractivity contribution in [3.05, 3.63) is 56.2 Å². The summed E-state index contributed by atoms with van der Waals surface area (Å²) in [5.74, 6) is -0.212. The molecule has 4 nitrogen and oxygen atoms in total. The summed E-state index contributed by atoms with van der Waals surface area (Å²) in [7, 11) is 0. The molecule has 0 aliphatic carbocycles. The topological polar surface area (TPSA) is 49.4 Å². The van der Waals surface area contributed by atoms with E-state index in [4.69, 9.17) is 0 Å². The molecule has 0 radical (unpaired) electrons. The van der Waals surface area contributed by atoms with Crippen LogP contribution in [0.3, 0.4) is 0 Å². The van der Waals surface area contributed by atoms with Crippen molar-refractivity contribution in [2.24, 2.45) is 0 Å². The number of amides is 3. The van der Waals surface area contributed by atoms with Gasteiger partial charge in [0.2, 0.25) is 0 Å². The molecule has 1 aliphatic heterocycles. The highest BCUT2D eigenvalue weighted by Gasteiger charge is 2.49. The quantitative estimate of drug-likeness (QED) is 0.825. The molecule has 1 unspecified atom stereocenters. The Labute approximate surface area is 141 Å². The summed E-state index contributed by atoms with van der Waals surface area (Å²) in [6.45, 7) is 4.00. The van der Waals surface area contributed by atoms with Crippen molar-refractivity contribution in [1.29, 1.82) is 0 Å². The fraction of sp³-hybridized carbons (Fsp3) is 0.250. The lowest BCUT2D eigenvalue weighted by atomic mass is 9.88. The number of imide groups is 1. The van der Waals surface area contributed by atoms with Gasteiger partial charge in [-0.15, -0.1) is 11.3 Å². The minimum absolute atomic E-state index is 0.212. The van der Waals surface area contributed by atoms with Gasteiger partial charge in [-0.3, -0.25) is 9.69 Å². The van der Waals surface area contributed by atoms with E-state index in [1.54, 1.807) is 6.92 Å². The van der Waals surface area contributed by atoms with Gasteiger partial charge in [0.15, 0.2) is 0 Å². The number of thiophene rings is 1. The molecule has 0 bridgehead atoms. The Bertz CT molecular complexity index is 758. The lowest BCUT2D eigenvalue weighted by Crippen LogP contribution is -2.41. The van der Waals surface area contributed by atoms with E-state index in [0.717, 1.165) is 19.8 Å². The predicted molar refractivity (Wildman–Crippen MR) is 89.6 cm³/mol. The van der Waals surface area contributed by atoms with Crippen LogP contribution in [-0.2, 0) is 16.9 Å². The van der Waals surface area contributed by atoms with Crippen LogP contribution in [-0.4, -0.2) is 16.8 Å². The van der Waals surface area contributed by atoms with Crippen LogP contribution < -0.4 is 5.32 Å². The van der Waals surface area contributed by atoms with Gasteiger partial charge in [-0.05, 0) is 53.0 Å². The van der Waals surface area contributed by atoms with Crippen molar-refractivity contribution in [2.45, 2.75) is 25.9 Å². The number of aryl methyl sites for hydroxylation is 1. The molecule has 1 saturated heterocycles. The van der Waals surface area contributed by atoms with Crippen LogP contribution in [0.2, 0.25) is 0 Å². The van der Waals surface area contributed by atoms with Gasteiger partial charge in [0.05, 0.1) is 10.3 Å². The Morgan fingerprint density at radius 3 is 2.59 bits per heavy atom. The third-order valence-electron chi connectivity index (χ3n) is 3.90. The molecule has 0 saturated carbocycles. The second-order valence-electron chi connectivity index (χ2n) is 5.47. The molecule has 1 fully saturated rings. The molecule has 0 spiro atoms. The summed E-state index contributed by atoms with van der Waals surface area (Å²) in [6, 6.07) is 11.1. The van der Waals surface area contributed by atoms with Crippen molar-refractivity contribution in [3.63, 3.8) is 0 Å². The van der Waals surface area contributed by atoms with E-state index in [1.165, 1.54) is 16.2 Å². The number of rotatable bonds is 3. The summed E-state index contributed by atoms with van der Waals surface area (Å²) < 4.78 is 0.983. The number of nitrogens with one attached hydrogen (secondary N) is 1. The molecule has 3 rings (SSSR count). The SMILES string of the molecule is Cc1ccccc1C1(C)NC(=O)N(Cc2ccc(Br)s2)C1=O. The number of nitrogens with zero attached hydrogens (tertiary/aromatic N) is 1. The Hall–Kier alpha value is -1.66. The van der Waals surface area contributed by atoms with Crippen LogP contribution in [0.4, 0.5) is 4.79 Å². The normalized spacial score (nSPS) is 21.3. The molecule has 1 atom stereocenters. The molecule has 1 aliphatic rings. The van der Waals surface area contributed by atoms with Crippen molar-refractivity contribution < 1.29 is 9.59 Å². The minimum Gasteiger partial charge on any atom is -0.319 e. The minimum atomic E-state index is -1.00. The van der Waals surface area contributed by atoms with Crippen molar-refractivity contribution in [1.82, 2.24) is 10.2 Å². The molecule has 1 aromatic carbocycles. The Kier molecular flexibility index (Phi) is 3.82. The van der Waals surface area contributed by atoms with E-state index in [2.05, 4.69) is 21.2 Å². The van der Waals surface area contributed by atoms with E-state index in [0.29, 0.717) is 6.54 Å². The lowest BCUT2D eigenvalue weighted by Gasteiger charge is -2.24. The number of halogens is 1. The molecule has 6 heteroatoms. The summed E-state index contributed by atoms with van der Waals surface area (Å²) in [5, 5.41) is 2.84. The first-order chi connectivity index (χ1) is 10.4. The predicted octanol–water partition coefficient (Wildman–Crippen LogP) is 3.79. The number of urea groups is 1. The smallest absolute Gasteiger partial charge is 0.319 e. The Morgan fingerprint density at radius 2 is 1.95 bits per heavy atom. The summed E-state index contributed by atoms with van der Waals surface area (Å²) >= 11 is 4.92. The van der Waals surface area contributed by atoms with Crippen LogP contribution >= 0.6 is 27.3 Å². The van der Waals surface area contributed by atoms with Crippen LogP contribution in [0.25, 0.3) is 0 Å². The molecule has 22 heavy (non-hydrogen) atoms. The first-order valence-corrected chi connectivity index (χ1v) is 8.47. The van der Waals surface area contributed by atoms with E-state index in [1.807, 2.05) is 43.3 Å². The number of carbonyl (C=O) groups excluding carboxylic acids is 2. The lowest BCUT2D eigenvalue weighted by molar-refractivity contribution is -0.131. The van der Waals surface area contributed by atoms with E-state index < -0.39 is 5.54 Å². The summed E-state index contributed by atoms with van der Waals surface area (Å²) in [6.07, 6.45) is 0. The van der Waals surface area contributed by atoms with Gasteiger partial charge >= 0.3 is 6.03 Å². The maximum atomic E-state index is 12.8.